The van der Waals surface area contributed by atoms with Gasteiger partial charge in [-0.25, -0.2) is 0 Å². The van der Waals surface area contributed by atoms with Gasteiger partial charge in [0, 0.05) is 41.3 Å². The molecule has 0 saturated carbocycles. The Hall–Kier alpha value is -2.68. The number of alkyl halides is 3. The van der Waals surface area contributed by atoms with E-state index in [0.29, 0.717) is 13.0 Å². The van der Waals surface area contributed by atoms with E-state index in [9.17, 15) is 18.0 Å². The van der Waals surface area contributed by atoms with E-state index in [4.69, 9.17) is 0 Å². The minimum atomic E-state index is -4.51. The third-order valence-electron chi connectivity index (χ3n) is 3.62. The first-order valence-corrected chi connectivity index (χ1v) is 8.54. The van der Waals surface area contributed by atoms with Crippen molar-refractivity contribution in [3.63, 3.8) is 0 Å². The third-order valence-corrected chi connectivity index (χ3v) is 4.82. The van der Waals surface area contributed by atoms with Gasteiger partial charge in [0.25, 0.3) is 5.91 Å². The largest absolute Gasteiger partial charge is 0.433 e. The van der Waals surface area contributed by atoms with E-state index >= 15 is 0 Å². The van der Waals surface area contributed by atoms with Gasteiger partial charge in [-0.15, -0.1) is 11.3 Å². The summed E-state index contributed by atoms with van der Waals surface area (Å²) in [4.78, 5) is 17.5. The standard InChI is InChI=1S/C17H15F3N4OS/c1-24-10-12(9-23-24)14-4-3-13(26-14)6-7-21-16(25)11-2-5-15(22-8-11)17(18,19)20/h2-5,8-10H,6-7H2,1H3,(H,21,25). The van der Waals surface area contributed by atoms with Gasteiger partial charge in [-0.2, -0.15) is 18.3 Å². The summed E-state index contributed by atoms with van der Waals surface area (Å²) in [6, 6.07) is 5.91. The van der Waals surface area contributed by atoms with E-state index in [1.165, 1.54) is 0 Å². The van der Waals surface area contributed by atoms with Crippen LogP contribution in [0.2, 0.25) is 0 Å². The number of halogens is 3. The predicted molar refractivity (Wildman–Crippen MR) is 91.8 cm³/mol. The summed E-state index contributed by atoms with van der Waals surface area (Å²) in [5.74, 6) is -0.449. The molecule has 0 bridgehead atoms. The maximum absolute atomic E-state index is 12.5. The average Bonchev–Trinajstić information content (AvgIpc) is 3.23. The Bertz CT molecular complexity index is 899. The number of carbonyl (C=O) groups is 1. The summed E-state index contributed by atoms with van der Waals surface area (Å²) < 4.78 is 39.1. The lowest BCUT2D eigenvalue weighted by Crippen LogP contribution is -2.25. The van der Waals surface area contributed by atoms with Gasteiger partial charge in [0.05, 0.1) is 11.8 Å². The first kappa shape index (κ1) is 18.1. The van der Waals surface area contributed by atoms with E-state index in [-0.39, 0.29) is 5.56 Å². The van der Waals surface area contributed by atoms with Crippen molar-refractivity contribution < 1.29 is 18.0 Å². The molecule has 3 heterocycles. The van der Waals surface area contributed by atoms with Gasteiger partial charge >= 0.3 is 6.18 Å². The Morgan fingerprint density at radius 1 is 1.23 bits per heavy atom. The van der Waals surface area contributed by atoms with Gasteiger partial charge in [-0.05, 0) is 30.7 Å². The van der Waals surface area contributed by atoms with Crippen LogP contribution in [0.3, 0.4) is 0 Å². The Kier molecular flexibility index (Phi) is 5.08. The molecule has 5 nitrogen and oxygen atoms in total. The van der Waals surface area contributed by atoms with Gasteiger partial charge in [-0.1, -0.05) is 0 Å². The molecule has 1 N–H and O–H groups in total. The molecule has 3 aromatic rings. The Balaban J connectivity index is 1.53. The number of aryl methyl sites for hydroxylation is 1. The fourth-order valence-electron chi connectivity index (χ4n) is 2.31. The van der Waals surface area contributed by atoms with Crippen molar-refractivity contribution in [2.75, 3.05) is 6.54 Å². The molecule has 0 fully saturated rings. The van der Waals surface area contributed by atoms with Crippen LogP contribution in [0.4, 0.5) is 13.2 Å². The zero-order chi connectivity index (χ0) is 18.7. The SMILES string of the molecule is Cn1cc(-c2ccc(CCNC(=O)c3ccc(C(F)(F)F)nc3)s2)cn1. The van der Waals surface area contributed by atoms with Crippen LogP contribution in [0.1, 0.15) is 20.9 Å². The van der Waals surface area contributed by atoms with Gasteiger partial charge in [0.2, 0.25) is 0 Å². The number of thiophene rings is 1. The molecular weight excluding hydrogens is 365 g/mol. The number of nitrogens with zero attached hydrogens (tertiary/aromatic N) is 3. The molecule has 0 aliphatic carbocycles. The minimum absolute atomic E-state index is 0.0974. The lowest BCUT2D eigenvalue weighted by atomic mass is 10.2. The van der Waals surface area contributed by atoms with Gasteiger partial charge < -0.3 is 5.32 Å². The third kappa shape index (κ3) is 4.29. The van der Waals surface area contributed by atoms with Crippen LogP contribution in [0.5, 0.6) is 0 Å². The quantitative estimate of drug-likeness (QED) is 0.737. The molecule has 0 saturated heterocycles. The van der Waals surface area contributed by atoms with Crippen molar-refractivity contribution in [2.24, 2.45) is 7.05 Å². The molecule has 3 rings (SSSR count). The number of nitrogens with one attached hydrogen (secondary N) is 1. The maximum Gasteiger partial charge on any atom is 0.433 e. The number of hydrogen-bond donors (Lipinski definition) is 1. The minimum Gasteiger partial charge on any atom is -0.352 e. The summed E-state index contributed by atoms with van der Waals surface area (Å²) in [6.45, 7) is 0.382. The number of carbonyl (C=O) groups excluding carboxylic acids is 1. The van der Waals surface area contributed by atoms with Gasteiger partial charge in [0.1, 0.15) is 5.69 Å². The number of hydrogen-bond acceptors (Lipinski definition) is 4. The molecule has 0 aliphatic heterocycles. The first-order valence-electron chi connectivity index (χ1n) is 7.72. The Morgan fingerprint density at radius 3 is 2.65 bits per heavy atom. The van der Waals surface area contributed by atoms with E-state index < -0.39 is 17.8 Å². The number of amides is 1. The van der Waals surface area contributed by atoms with Crippen molar-refractivity contribution in [1.82, 2.24) is 20.1 Å². The van der Waals surface area contributed by atoms with E-state index in [0.717, 1.165) is 33.6 Å². The second kappa shape index (κ2) is 7.28. The van der Waals surface area contributed by atoms with Crippen LogP contribution in [0.15, 0.2) is 42.9 Å². The summed E-state index contributed by atoms with van der Waals surface area (Å²) in [5.41, 5.74) is 0.111. The molecular formula is C17H15F3N4OS. The van der Waals surface area contributed by atoms with Crippen LogP contribution in [0, 0.1) is 0 Å². The highest BCUT2D eigenvalue weighted by Gasteiger charge is 2.32. The highest BCUT2D eigenvalue weighted by Crippen LogP contribution is 2.28. The fourth-order valence-corrected chi connectivity index (χ4v) is 3.30. The summed E-state index contributed by atoms with van der Waals surface area (Å²) in [6.07, 6.45) is 0.763. The maximum atomic E-state index is 12.5. The fraction of sp³-hybridized carbons (Fsp3) is 0.235. The monoisotopic (exact) mass is 380 g/mol. The van der Waals surface area contributed by atoms with Gasteiger partial charge in [-0.3, -0.25) is 14.5 Å². The second-order valence-corrected chi connectivity index (χ2v) is 6.77. The molecule has 0 spiro atoms. The van der Waals surface area contributed by atoms with Crippen molar-refractivity contribution in [1.29, 1.82) is 0 Å². The zero-order valence-electron chi connectivity index (χ0n) is 13.7. The summed E-state index contributed by atoms with van der Waals surface area (Å²) in [5, 5.41) is 6.82. The van der Waals surface area contributed by atoms with E-state index in [1.807, 2.05) is 25.4 Å². The van der Waals surface area contributed by atoms with E-state index in [1.54, 1.807) is 22.2 Å². The molecule has 0 aliphatic rings. The normalized spacial score (nSPS) is 11.5. The molecule has 0 unspecified atom stereocenters. The molecule has 3 aromatic heterocycles. The van der Waals surface area contributed by atoms with Crippen LogP contribution in [-0.2, 0) is 19.6 Å². The lowest BCUT2D eigenvalue weighted by Gasteiger charge is -2.07. The van der Waals surface area contributed by atoms with E-state index in [2.05, 4.69) is 15.4 Å². The highest BCUT2D eigenvalue weighted by atomic mass is 32.1. The number of rotatable bonds is 5. The topological polar surface area (TPSA) is 59.8 Å². The molecule has 0 atom stereocenters. The van der Waals surface area contributed by atoms with Crippen LogP contribution in [0.25, 0.3) is 10.4 Å². The smallest absolute Gasteiger partial charge is 0.352 e. The number of aromatic nitrogens is 3. The first-order chi connectivity index (χ1) is 12.3. The second-order valence-electron chi connectivity index (χ2n) is 5.60. The summed E-state index contributed by atoms with van der Waals surface area (Å²) >= 11 is 1.61. The molecule has 0 aromatic carbocycles. The lowest BCUT2D eigenvalue weighted by molar-refractivity contribution is -0.141. The molecule has 0 radical (unpaired) electrons. The molecule has 1 amide bonds. The van der Waals surface area contributed by atoms with Crippen molar-refractivity contribution in [2.45, 2.75) is 12.6 Å². The van der Waals surface area contributed by atoms with Crippen molar-refractivity contribution in [3.05, 3.63) is 59.0 Å². The van der Waals surface area contributed by atoms with Crippen LogP contribution >= 0.6 is 11.3 Å². The number of pyridine rings is 1. The van der Waals surface area contributed by atoms with Crippen LogP contribution in [-0.4, -0.2) is 27.2 Å². The van der Waals surface area contributed by atoms with Crippen LogP contribution < -0.4 is 5.32 Å². The predicted octanol–water partition coefficient (Wildman–Crippen LogP) is 3.53. The highest BCUT2D eigenvalue weighted by molar-refractivity contribution is 7.15. The van der Waals surface area contributed by atoms with Gasteiger partial charge in [0.15, 0.2) is 0 Å². The van der Waals surface area contributed by atoms with Crippen molar-refractivity contribution >= 4 is 17.2 Å². The molecule has 136 valence electrons. The molecule has 26 heavy (non-hydrogen) atoms. The Morgan fingerprint density at radius 2 is 2.04 bits per heavy atom. The zero-order valence-corrected chi connectivity index (χ0v) is 14.6. The summed E-state index contributed by atoms with van der Waals surface area (Å²) in [7, 11) is 1.85. The Labute approximate surface area is 151 Å². The molecule has 9 heteroatoms. The van der Waals surface area contributed by atoms with Crippen molar-refractivity contribution in [3.8, 4) is 10.4 Å². The average molecular weight is 380 g/mol.